The Balaban J connectivity index is 2.18. The maximum absolute atomic E-state index is 6.08. The monoisotopic (exact) mass is 297 g/mol. The zero-order chi connectivity index (χ0) is 14.4. The van der Waals surface area contributed by atoms with Gasteiger partial charge in [-0.05, 0) is 6.07 Å². The molecule has 0 fully saturated rings. The number of aryl methyl sites for hydroxylation is 1. The maximum Gasteiger partial charge on any atom is 0.129 e. The number of benzene rings is 1. The van der Waals surface area contributed by atoms with Crippen LogP contribution in [0, 0.1) is 0 Å². The van der Waals surface area contributed by atoms with E-state index in [-0.39, 0.29) is 0 Å². The van der Waals surface area contributed by atoms with E-state index < -0.39 is 0 Å². The number of nitrogens with zero attached hydrogens (tertiary/aromatic N) is 5. The summed E-state index contributed by atoms with van der Waals surface area (Å²) in [5.74, 6) is 1.12. The molecule has 21 heavy (non-hydrogen) atoms. The lowest BCUT2D eigenvalue weighted by Gasteiger charge is -2.06. The number of aromatic nitrogens is 5. The second-order valence-corrected chi connectivity index (χ2v) is 5.15. The van der Waals surface area contributed by atoms with E-state index in [9.17, 15) is 0 Å². The lowest BCUT2D eigenvalue weighted by atomic mass is 10.2. The smallest absolute Gasteiger partial charge is 0.129 e. The van der Waals surface area contributed by atoms with Crippen LogP contribution in [0.3, 0.4) is 0 Å². The summed E-state index contributed by atoms with van der Waals surface area (Å²) < 4.78 is 3.82. The molecule has 0 atom stereocenters. The summed E-state index contributed by atoms with van der Waals surface area (Å²) in [6, 6.07) is 8.03. The quantitative estimate of drug-likeness (QED) is 0.534. The summed E-state index contributed by atoms with van der Waals surface area (Å²) in [5, 5.41) is 5.30. The lowest BCUT2D eigenvalue weighted by Crippen LogP contribution is -1.98. The third-order valence-electron chi connectivity index (χ3n) is 3.53. The number of imidazole rings is 1. The van der Waals surface area contributed by atoms with Gasteiger partial charge in [0.25, 0.3) is 0 Å². The zero-order valence-electron chi connectivity index (χ0n) is 11.4. The van der Waals surface area contributed by atoms with E-state index in [4.69, 9.17) is 11.6 Å². The van der Waals surface area contributed by atoms with E-state index in [1.165, 1.54) is 0 Å². The van der Waals surface area contributed by atoms with Gasteiger partial charge in [0, 0.05) is 18.6 Å². The van der Waals surface area contributed by atoms with E-state index in [2.05, 4.69) is 25.7 Å². The Labute approximate surface area is 125 Å². The van der Waals surface area contributed by atoms with Gasteiger partial charge >= 0.3 is 0 Å². The van der Waals surface area contributed by atoms with E-state index in [1.54, 1.807) is 10.9 Å². The average Bonchev–Trinajstić information content (AvgIpc) is 3.10. The highest BCUT2D eigenvalue weighted by Crippen LogP contribution is 2.28. The van der Waals surface area contributed by atoms with Crippen molar-refractivity contribution in [3.63, 3.8) is 0 Å². The van der Waals surface area contributed by atoms with Crippen LogP contribution in [-0.4, -0.2) is 24.3 Å². The fraction of sp³-hybridized carbons (Fsp3) is 0.133. The predicted molar refractivity (Wildman–Crippen MR) is 82.7 cm³/mol. The number of hydrogen-bond donors (Lipinski definition) is 0. The number of hydrogen-bond acceptors (Lipinski definition) is 3. The molecule has 0 radical (unpaired) electrons. The van der Waals surface area contributed by atoms with Gasteiger partial charge in [0.15, 0.2) is 0 Å². The van der Waals surface area contributed by atoms with Crippen molar-refractivity contribution in [2.45, 2.75) is 5.88 Å². The fourth-order valence-corrected chi connectivity index (χ4v) is 2.82. The summed E-state index contributed by atoms with van der Waals surface area (Å²) in [7, 11) is 1.89. The molecule has 0 saturated carbocycles. The molecule has 3 aromatic heterocycles. The van der Waals surface area contributed by atoms with E-state index >= 15 is 0 Å². The third-order valence-corrected chi connectivity index (χ3v) is 3.77. The van der Waals surface area contributed by atoms with E-state index in [1.807, 2.05) is 37.6 Å². The molecular formula is C15H12ClN5. The van der Waals surface area contributed by atoms with Crippen molar-refractivity contribution >= 4 is 33.5 Å². The minimum absolute atomic E-state index is 0.331. The Bertz CT molecular complexity index is 953. The van der Waals surface area contributed by atoms with Gasteiger partial charge in [-0.25, -0.2) is 4.98 Å². The molecule has 104 valence electrons. The van der Waals surface area contributed by atoms with Crippen LogP contribution in [-0.2, 0) is 12.9 Å². The summed E-state index contributed by atoms with van der Waals surface area (Å²) in [6.45, 7) is 0. The Morgan fingerprint density at radius 1 is 1.14 bits per heavy atom. The maximum atomic E-state index is 6.08. The van der Waals surface area contributed by atoms with Crippen molar-refractivity contribution in [2.75, 3.05) is 0 Å². The molecule has 0 aliphatic carbocycles. The standard InChI is InChI=1S/C15H12ClN5/c1-20-9-10(7-18-20)21-14(6-16)19-13-8-17-12-5-3-2-4-11(12)15(13)21/h2-5,7-9H,6H2,1H3. The minimum atomic E-state index is 0.331. The van der Waals surface area contributed by atoms with Crippen molar-refractivity contribution in [2.24, 2.45) is 7.05 Å². The van der Waals surface area contributed by atoms with Crippen LogP contribution < -0.4 is 0 Å². The van der Waals surface area contributed by atoms with Crippen molar-refractivity contribution in [3.8, 4) is 5.69 Å². The summed E-state index contributed by atoms with van der Waals surface area (Å²) in [4.78, 5) is 9.06. The third kappa shape index (κ3) is 1.81. The molecule has 0 spiro atoms. The molecule has 3 heterocycles. The van der Waals surface area contributed by atoms with Gasteiger partial charge in [0.05, 0.1) is 35.0 Å². The van der Waals surface area contributed by atoms with Gasteiger partial charge < -0.3 is 0 Å². The molecule has 0 unspecified atom stereocenters. The minimum Gasteiger partial charge on any atom is -0.291 e. The Hall–Kier alpha value is -2.40. The number of para-hydroxylation sites is 1. The van der Waals surface area contributed by atoms with Crippen molar-refractivity contribution < 1.29 is 0 Å². The zero-order valence-corrected chi connectivity index (χ0v) is 12.1. The second kappa shape index (κ2) is 4.56. The average molecular weight is 298 g/mol. The van der Waals surface area contributed by atoms with Crippen LogP contribution in [0.4, 0.5) is 0 Å². The van der Waals surface area contributed by atoms with Gasteiger partial charge in [0.1, 0.15) is 11.3 Å². The Morgan fingerprint density at radius 3 is 2.76 bits per heavy atom. The first-order valence-electron chi connectivity index (χ1n) is 6.58. The van der Waals surface area contributed by atoms with Gasteiger partial charge in [-0.1, -0.05) is 18.2 Å². The van der Waals surface area contributed by atoms with Crippen molar-refractivity contribution in [1.29, 1.82) is 0 Å². The molecule has 6 heteroatoms. The fourth-order valence-electron chi connectivity index (χ4n) is 2.64. The highest BCUT2D eigenvalue weighted by molar-refractivity contribution is 6.17. The summed E-state index contributed by atoms with van der Waals surface area (Å²) in [6.07, 6.45) is 5.55. The number of fused-ring (bicyclic) bond motifs is 3. The summed E-state index contributed by atoms with van der Waals surface area (Å²) in [5.41, 5.74) is 3.75. The highest BCUT2D eigenvalue weighted by atomic mass is 35.5. The van der Waals surface area contributed by atoms with Crippen LogP contribution in [0.5, 0.6) is 0 Å². The van der Waals surface area contributed by atoms with Crippen LogP contribution >= 0.6 is 11.6 Å². The van der Waals surface area contributed by atoms with E-state index in [0.29, 0.717) is 5.88 Å². The van der Waals surface area contributed by atoms with Gasteiger partial charge in [0.2, 0.25) is 0 Å². The first-order valence-corrected chi connectivity index (χ1v) is 7.11. The number of halogens is 1. The number of rotatable bonds is 2. The van der Waals surface area contributed by atoms with Crippen molar-refractivity contribution in [1.82, 2.24) is 24.3 Å². The Morgan fingerprint density at radius 2 is 2.00 bits per heavy atom. The molecule has 1 aromatic carbocycles. The molecule has 0 N–H and O–H groups in total. The molecular weight excluding hydrogens is 286 g/mol. The number of alkyl halides is 1. The highest BCUT2D eigenvalue weighted by Gasteiger charge is 2.15. The SMILES string of the molecule is Cn1cc(-n2c(CCl)nc3cnc4ccccc4c32)cn1. The van der Waals surface area contributed by atoms with Crippen LogP contribution in [0.1, 0.15) is 5.82 Å². The lowest BCUT2D eigenvalue weighted by molar-refractivity contribution is 0.767. The molecule has 4 rings (SSSR count). The molecule has 5 nitrogen and oxygen atoms in total. The molecule has 0 saturated heterocycles. The predicted octanol–water partition coefficient (Wildman–Crippen LogP) is 3.05. The topological polar surface area (TPSA) is 48.5 Å². The van der Waals surface area contributed by atoms with Crippen molar-refractivity contribution in [3.05, 3.63) is 48.7 Å². The second-order valence-electron chi connectivity index (χ2n) is 4.88. The van der Waals surface area contributed by atoms with E-state index in [0.717, 1.165) is 33.4 Å². The molecule has 0 aliphatic rings. The van der Waals surface area contributed by atoms with Gasteiger partial charge in [-0.2, -0.15) is 5.10 Å². The van der Waals surface area contributed by atoms with Crippen LogP contribution in [0.15, 0.2) is 42.9 Å². The van der Waals surface area contributed by atoms with Crippen LogP contribution in [0.25, 0.3) is 27.6 Å². The summed E-state index contributed by atoms with van der Waals surface area (Å²) >= 11 is 6.08. The van der Waals surface area contributed by atoms with Crippen LogP contribution in [0.2, 0.25) is 0 Å². The Kier molecular flexibility index (Phi) is 2.68. The molecule has 4 aromatic rings. The van der Waals surface area contributed by atoms with Gasteiger partial charge in [-0.15, -0.1) is 11.6 Å². The largest absolute Gasteiger partial charge is 0.291 e. The first kappa shape index (κ1) is 12.3. The van der Waals surface area contributed by atoms with Gasteiger partial charge in [-0.3, -0.25) is 14.2 Å². The first-order chi connectivity index (χ1) is 10.3. The molecule has 0 amide bonds. The molecule has 0 aliphatic heterocycles. The molecule has 0 bridgehead atoms. The number of pyridine rings is 1. The normalized spacial score (nSPS) is 11.5.